The molecule has 7 heteroatoms. The number of nitrogens with zero attached hydrogens (tertiary/aromatic N) is 2. The second kappa shape index (κ2) is 6.47. The van der Waals surface area contributed by atoms with Gasteiger partial charge in [0.05, 0.1) is 20.7 Å². The van der Waals surface area contributed by atoms with E-state index in [-0.39, 0.29) is 0 Å². The van der Waals surface area contributed by atoms with Crippen LogP contribution in [0.2, 0.25) is 0 Å². The lowest BCUT2D eigenvalue weighted by atomic mass is 10.3. The molecule has 2 aromatic heterocycles. The van der Waals surface area contributed by atoms with Gasteiger partial charge in [0, 0.05) is 23.5 Å². The molecule has 0 radical (unpaired) electrons. The van der Waals surface area contributed by atoms with Crippen LogP contribution in [-0.4, -0.2) is 24.1 Å². The molecule has 2 rings (SSSR count). The van der Waals surface area contributed by atoms with Crippen molar-refractivity contribution in [1.29, 1.82) is 0 Å². The molecule has 0 amide bonds. The second-order valence-corrected chi connectivity index (χ2v) is 7.04. The Morgan fingerprint density at radius 2 is 2.21 bits per heavy atom. The van der Waals surface area contributed by atoms with Crippen LogP contribution in [0.5, 0.6) is 0 Å². The van der Waals surface area contributed by atoms with Gasteiger partial charge in [-0.3, -0.25) is 0 Å². The zero-order valence-corrected chi connectivity index (χ0v) is 15.3. The molecule has 0 aliphatic carbocycles. The first kappa shape index (κ1) is 15.1. The molecule has 0 aromatic carbocycles. The fourth-order valence-corrected chi connectivity index (χ4v) is 3.71. The van der Waals surface area contributed by atoms with Crippen molar-refractivity contribution >= 4 is 55.7 Å². The lowest BCUT2D eigenvalue weighted by Gasteiger charge is -2.09. The minimum atomic E-state index is 0.480. The molecule has 0 fully saturated rings. The summed E-state index contributed by atoms with van der Waals surface area (Å²) in [7, 11) is 3.53. The maximum Gasteiger partial charge on any atom is 0.172 e. The number of hydrogen-bond donors (Lipinski definition) is 1. The minimum Gasteiger partial charge on any atom is -0.378 e. The molecule has 0 atom stereocenters. The highest BCUT2D eigenvalue weighted by Crippen LogP contribution is 2.33. The maximum absolute atomic E-state index is 5.20. The van der Waals surface area contributed by atoms with Gasteiger partial charge in [-0.25, -0.2) is 9.97 Å². The first-order valence-electron chi connectivity index (χ1n) is 5.56. The Kier molecular flexibility index (Phi) is 5.15. The van der Waals surface area contributed by atoms with E-state index < -0.39 is 0 Å². The van der Waals surface area contributed by atoms with Gasteiger partial charge < -0.3 is 10.1 Å². The van der Waals surface area contributed by atoms with Crippen molar-refractivity contribution in [2.45, 2.75) is 13.5 Å². The van der Waals surface area contributed by atoms with Crippen molar-refractivity contribution in [3.05, 3.63) is 24.7 Å². The van der Waals surface area contributed by atoms with Crippen molar-refractivity contribution in [2.24, 2.45) is 0 Å². The summed E-state index contributed by atoms with van der Waals surface area (Å²) in [5.74, 6) is 1.57. The molecular weight excluding hydrogens is 441 g/mol. The van der Waals surface area contributed by atoms with Crippen LogP contribution < -0.4 is 5.32 Å². The molecule has 0 aliphatic heterocycles. The van der Waals surface area contributed by atoms with Gasteiger partial charge in [0.1, 0.15) is 5.82 Å². The van der Waals surface area contributed by atoms with Crippen molar-refractivity contribution in [3.63, 3.8) is 0 Å². The molecule has 1 N–H and O–H groups in total. The zero-order valence-electron chi connectivity index (χ0n) is 10.8. The largest absolute Gasteiger partial charge is 0.378 e. The summed E-state index contributed by atoms with van der Waals surface area (Å²) in [5, 5.41) is 3.10. The summed E-state index contributed by atoms with van der Waals surface area (Å²) in [5.41, 5.74) is 0.902. The number of aryl methyl sites for hydroxylation is 1. The van der Waals surface area contributed by atoms with Crippen molar-refractivity contribution < 1.29 is 4.74 Å². The van der Waals surface area contributed by atoms with E-state index in [9.17, 15) is 0 Å². The average Bonchev–Trinajstić information content (AvgIpc) is 2.72. The summed E-state index contributed by atoms with van der Waals surface area (Å²) >= 11 is 7.44. The highest BCUT2D eigenvalue weighted by Gasteiger charge is 2.14. The zero-order chi connectivity index (χ0) is 14.0. The van der Waals surface area contributed by atoms with Gasteiger partial charge in [0.25, 0.3) is 0 Å². The van der Waals surface area contributed by atoms with Gasteiger partial charge in [-0.15, -0.1) is 11.3 Å². The Hall–Kier alpha value is -0.250. The second-order valence-electron chi connectivity index (χ2n) is 3.85. The Bertz CT molecular complexity index is 583. The summed E-state index contributed by atoms with van der Waals surface area (Å²) in [4.78, 5) is 11.4. The van der Waals surface area contributed by atoms with E-state index in [2.05, 4.69) is 66.8 Å². The van der Waals surface area contributed by atoms with Crippen LogP contribution in [0.25, 0.3) is 10.7 Å². The smallest absolute Gasteiger partial charge is 0.172 e. The normalized spacial score (nSPS) is 10.8. The molecular formula is C12H13BrIN3OS. The Morgan fingerprint density at radius 3 is 2.74 bits per heavy atom. The number of ether oxygens (including phenoxy) is 1. The monoisotopic (exact) mass is 453 g/mol. The minimum absolute atomic E-state index is 0.480. The molecule has 0 saturated carbocycles. The number of aromatic nitrogens is 2. The van der Waals surface area contributed by atoms with Crippen LogP contribution in [-0.2, 0) is 11.3 Å². The van der Waals surface area contributed by atoms with Crippen LogP contribution in [0, 0.1) is 10.5 Å². The van der Waals surface area contributed by atoms with Gasteiger partial charge in [0.15, 0.2) is 5.82 Å². The number of thiophene rings is 1. The summed E-state index contributed by atoms with van der Waals surface area (Å²) in [6.45, 7) is 2.55. The van der Waals surface area contributed by atoms with E-state index in [0.29, 0.717) is 6.61 Å². The number of methoxy groups -OCH3 is 1. The van der Waals surface area contributed by atoms with Gasteiger partial charge in [-0.05, 0) is 51.5 Å². The van der Waals surface area contributed by atoms with Crippen LogP contribution in [0.15, 0.2) is 10.5 Å². The number of nitrogens with one attached hydrogen (secondary N) is 1. The first-order valence-corrected chi connectivity index (χ1v) is 8.25. The van der Waals surface area contributed by atoms with Gasteiger partial charge in [-0.2, -0.15) is 0 Å². The molecule has 4 nitrogen and oxygen atoms in total. The molecule has 0 aliphatic rings. The summed E-state index contributed by atoms with van der Waals surface area (Å²) < 4.78 is 7.29. The fourth-order valence-electron chi connectivity index (χ4n) is 1.57. The van der Waals surface area contributed by atoms with Gasteiger partial charge >= 0.3 is 0 Å². The standard InChI is InChI=1S/C12H13BrIN3OS/c1-6-7(13)4-9(19-6)11-16-8(5-18-3)10(14)12(15-2)17-11/h4H,5H2,1-3H3,(H,15,16,17). The highest BCUT2D eigenvalue weighted by molar-refractivity contribution is 14.1. The third-order valence-corrected chi connectivity index (χ3v) is 5.78. The SMILES string of the molecule is CNc1nc(-c2cc(Br)c(C)s2)nc(COC)c1I. The van der Waals surface area contributed by atoms with E-state index in [1.54, 1.807) is 18.4 Å². The predicted octanol–water partition coefficient (Wildman–Crippen LogP) is 4.07. The topological polar surface area (TPSA) is 47.0 Å². The number of hydrogen-bond acceptors (Lipinski definition) is 5. The fraction of sp³-hybridized carbons (Fsp3) is 0.333. The Labute approximate surface area is 138 Å². The third-order valence-electron chi connectivity index (χ3n) is 2.52. The van der Waals surface area contributed by atoms with E-state index in [0.717, 1.165) is 30.3 Å². The van der Waals surface area contributed by atoms with Crippen LogP contribution in [0.1, 0.15) is 10.6 Å². The molecule has 0 bridgehead atoms. The molecule has 2 heterocycles. The van der Waals surface area contributed by atoms with Crippen molar-refractivity contribution in [2.75, 3.05) is 19.5 Å². The number of anilines is 1. The predicted molar refractivity (Wildman–Crippen MR) is 90.8 cm³/mol. The molecule has 0 spiro atoms. The van der Waals surface area contributed by atoms with E-state index in [1.165, 1.54) is 4.88 Å². The number of halogens is 2. The quantitative estimate of drug-likeness (QED) is 0.709. The van der Waals surface area contributed by atoms with Gasteiger partial charge in [-0.1, -0.05) is 0 Å². The summed E-state index contributed by atoms with van der Waals surface area (Å²) in [6.07, 6.45) is 0. The molecule has 19 heavy (non-hydrogen) atoms. The molecule has 102 valence electrons. The third kappa shape index (κ3) is 3.26. The van der Waals surface area contributed by atoms with Crippen LogP contribution in [0.4, 0.5) is 5.82 Å². The van der Waals surface area contributed by atoms with Gasteiger partial charge in [0.2, 0.25) is 0 Å². The lowest BCUT2D eigenvalue weighted by molar-refractivity contribution is 0.181. The van der Waals surface area contributed by atoms with Crippen LogP contribution in [0.3, 0.4) is 0 Å². The lowest BCUT2D eigenvalue weighted by Crippen LogP contribution is -2.05. The molecule has 0 unspecified atom stereocenters. The molecule has 2 aromatic rings. The van der Waals surface area contributed by atoms with E-state index >= 15 is 0 Å². The highest BCUT2D eigenvalue weighted by atomic mass is 127. The maximum atomic E-state index is 5.20. The average molecular weight is 454 g/mol. The van der Waals surface area contributed by atoms with E-state index in [4.69, 9.17) is 4.74 Å². The van der Waals surface area contributed by atoms with Crippen LogP contribution >= 0.6 is 49.9 Å². The van der Waals surface area contributed by atoms with Crippen molar-refractivity contribution in [1.82, 2.24) is 9.97 Å². The Morgan fingerprint density at radius 1 is 1.47 bits per heavy atom. The Balaban J connectivity index is 2.54. The molecule has 0 saturated heterocycles. The van der Waals surface area contributed by atoms with E-state index in [1.807, 2.05) is 7.05 Å². The van der Waals surface area contributed by atoms with Crippen molar-refractivity contribution in [3.8, 4) is 10.7 Å². The first-order chi connectivity index (χ1) is 9.06. The summed E-state index contributed by atoms with van der Waals surface area (Å²) in [6, 6.07) is 2.05. The number of rotatable bonds is 4.